The summed E-state index contributed by atoms with van der Waals surface area (Å²) in [5, 5.41) is 3.80. The summed E-state index contributed by atoms with van der Waals surface area (Å²) in [6.07, 6.45) is 2.02. The molecule has 1 aromatic rings. The zero-order chi connectivity index (χ0) is 14.4. The van der Waals surface area contributed by atoms with Gasteiger partial charge in [0.2, 0.25) is 0 Å². The van der Waals surface area contributed by atoms with E-state index in [-0.39, 0.29) is 0 Å². The van der Waals surface area contributed by atoms with Gasteiger partial charge in [-0.05, 0) is 51.3 Å². The SMILES string of the molecule is CNCCCN(C)Cc1cc(Cl)c2c(c1)OCCCO2. The van der Waals surface area contributed by atoms with Gasteiger partial charge in [-0.15, -0.1) is 0 Å². The average Bonchev–Trinajstić information content (AvgIpc) is 2.64. The number of nitrogens with one attached hydrogen (secondary N) is 1. The van der Waals surface area contributed by atoms with E-state index in [4.69, 9.17) is 21.1 Å². The zero-order valence-corrected chi connectivity index (χ0v) is 13.0. The molecular formula is C15H23ClN2O2. The Bertz CT molecular complexity index is 440. The van der Waals surface area contributed by atoms with Crippen LogP contribution >= 0.6 is 11.6 Å². The van der Waals surface area contributed by atoms with Crippen LogP contribution in [0.5, 0.6) is 11.5 Å². The van der Waals surface area contributed by atoms with Crippen molar-refractivity contribution in [2.45, 2.75) is 19.4 Å². The molecule has 0 bridgehead atoms. The molecular weight excluding hydrogens is 276 g/mol. The van der Waals surface area contributed by atoms with Crippen LogP contribution in [0.1, 0.15) is 18.4 Å². The van der Waals surface area contributed by atoms with E-state index in [2.05, 4.69) is 17.3 Å². The van der Waals surface area contributed by atoms with Gasteiger partial charge < -0.3 is 19.7 Å². The third-order valence-corrected chi connectivity index (χ3v) is 3.56. The molecule has 0 saturated heterocycles. The lowest BCUT2D eigenvalue weighted by Gasteiger charge is -2.18. The molecule has 5 heteroatoms. The first-order valence-electron chi connectivity index (χ1n) is 7.12. The summed E-state index contributed by atoms with van der Waals surface area (Å²) in [6, 6.07) is 4.02. The van der Waals surface area contributed by atoms with E-state index in [0.29, 0.717) is 24.0 Å². The van der Waals surface area contributed by atoms with Gasteiger partial charge in [0.05, 0.1) is 18.2 Å². The highest BCUT2D eigenvalue weighted by atomic mass is 35.5. The second-order valence-electron chi connectivity index (χ2n) is 5.15. The predicted molar refractivity (Wildman–Crippen MR) is 81.9 cm³/mol. The van der Waals surface area contributed by atoms with Crippen molar-refractivity contribution in [3.63, 3.8) is 0 Å². The maximum absolute atomic E-state index is 6.30. The first-order valence-corrected chi connectivity index (χ1v) is 7.49. The van der Waals surface area contributed by atoms with E-state index in [1.807, 2.05) is 19.2 Å². The Balaban J connectivity index is 2.02. The van der Waals surface area contributed by atoms with Gasteiger partial charge in [-0.25, -0.2) is 0 Å². The highest BCUT2D eigenvalue weighted by molar-refractivity contribution is 6.32. The summed E-state index contributed by atoms with van der Waals surface area (Å²) < 4.78 is 11.4. The van der Waals surface area contributed by atoms with Crippen LogP contribution in [-0.4, -0.2) is 45.3 Å². The minimum absolute atomic E-state index is 0.642. The Morgan fingerprint density at radius 3 is 2.90 bits per heavy atom. The Morgan fingerprint density at radius 1 is 1.30 bits per heavy atom. The van der Waals surface area contributed by atoms with E-state index in [1.165, 1.54) is 0 Å². The van der Waals surface area contributed by atoms with Crippen LogP contribution in [0, 0.1) is 0 Å². The van der Waals surface area contributed by atoms with Gasteiger partial charge >= 0.3 is 0 Å². The van der Waals surface area contributed by atoms with Crippen LogP contribution in [0.25, 0.3) is 0 Å². The number of ether oxygens (including phenoxy) is 2. The second-order valence-corrected chi connectivity index (χ2v) is 5.56. The van der Waals surface area contributed by atoms with Crippen molar-refractivity contribution in [3.8, 4) is 11.5 Å². The maximum Gasteiger partial charge on any atom is 0.179 e. The molecule has 0 aromatic heterocycles. The third kappa shape index (κ3) is 4.27. The monoisotopic (exact) mass is 298 g/mol. The second kappa shape index (κ2) is 7.72. The summed E-state index contributed by atoms with van der Waals surface area (Å²) in [6.45, 7) is 4.29. The quantitative estimate of drug-likeness (QED) is 0.819. The van der Waals surface area contributed by atoms with E-state index in [0.717, 1.165) is 43.8 Å². The molecule has 0 amide bonds. The molecule has 0 spiro atoms. The minimum atomic E-state index is 0.642. The van der Waals surface area contributed by atoms with Gasteiger partial charge in [-0.2, -0.15) is 0 Å². The fraction of sp³-hybridized carbons (Fsp3) is 0.600. The molecule has 1 heterocycles. The zero-order valence-electron chi connectivity index (χ0n) is 12.2. The summed E-state index contributed by atoms with van der Waals surface area (Å²) in [5.41, 5.74) is 1.16. The van der Waals surface area contributed by atoms with Crippen molar-refractivity contribution < 1.29 is 9.47 Å². The number of nitrogens with zero attached hydrogens (tertiary/aromatic N) is 1. The van der Waals surface area contributed by atoms with Crippen LogP contribution in [0.4, 0.5) is 0 Å². The lowest BCUT2D eigenvalue weighted by molar-refractivity contribution is 0.296. The van der Waals surface area contributed by atoms with Crippen molar-refractivity contribution in [2.24, 2.45) is 0 Å². The summed E-state index contributed by atoms with van der Waals surface area (Å²) >= 11 is 6.30. The van der Waals surface area contributed by atoms with E-state index < -0.39 is 0 Å². The standard InChI is InChI=1S/C15H23ClN2O2/c1-17-5-3-6-18(2)11-12-9-13(16)15-14(10-12)19-7-4-8-20-15/h9-10,17H,3-8,11H2,1-2H3. The molecule has 0 radical (unpaired) electrons. The Morgan fingerprint density at radius 2 is 2.10 bits per heavy atom. The predicted octanol–water partition coefficient (Wildman–Crippen LogP) is 2.54. The van der Waals surface area contributed by atoms with Crippen molar-refractivity contribution in [3.05, 3.63) is 22.7 Å². The smallest absolute Gasteiger partial charge is 0.179 e. The molecule has 0 fully saturated rings. The summed E-state index contributed by atoms with van der Waals surface area (Å²) in [4.78, 5) is 2.28. The number of benzene rings is 1. The molecule has 112 valence electrons. The molecule has 4 nitrogen and oxygen atoms in total. The van der Waals surface area contributed by atoms with Crippen LogP contribution in [0.2, 0.25) is 5.02 Å². The molecule has 0 saturated carbocycles. The van der Waals surface area contributed by atoms with E-state index in [9.17, 15) is 0 Å². The molecule has 0 atom stereocenters. The van der Waals surface area contributed by atoms with Crippen LogP contribution in [-0.2, 0) is 6.54 Å². The fourth-order valence-electron chi connectivity index (χ4n) is 2.29. The molecule has 20 heavy (non-hydrogen) atoms. The van der Waals surface area contributed by atoms with Gasteiger partial charge in [0.25, 0.3) is 0 Å². The van der Waals surface area contributed by atoms with Gasteiger partial charge in [-0.3, -0.25) is 0 Å². The minimum Gasteiger partial charge on any atom is -0.489 e. The third-order valence-electron chi connectivity index (χ3n) is 3.28. The van der Waals surface area contributed by atoms with Gasteiger partial charge in [-0.1, -0.05) is 11.6 Å². The first kappa shape index (κ1) is 15.4. The molecule has 1 N–H and O–H groups in total. The van der Waals surface area contributed by atoms with Gasteiger partial charge in [0, 0.05) is 13.0 Å². The fourth-order valence-corrected chi connectivity index (χ4v) is 2.58. The average molecular weight is 299 g/mol. The van der Waals surface area contributed by atoms with Crippen molar-refractivity contribution in [1.82, 2.24) is 10.2 Å². The number of hydrogen-bond donors (Lipinski definition) is 1. The number of fused-ring (bicyclic) bond motifs is 1. The molecule has 0 unspecified atom stereocenters. The molecule has 2 rings (SSSR count). The first-order chi connectivity index (χ1) is 9.70. The van der Waals surface area contributed by atoms with Crippen LogP contribution in [0.3, 0.4) is 0 Å². The largest absolute Gasteiger partial charge is 0.489 e. The van der Waals surface area contributed by atoms with E-state index in [1.54, 1.807) is 0 Å². The summed E-state index contributed by atoms with van der Waals surface area (Å²) in [7, 11) is 4.09. The van der Waals surface area contributed by atoms with Crippen molar-refractivity contribution in [2.75, 3.05) is 40.4 Å². The Hall–Kier alpha value is -0.970. The van der Waals surface area contributed by atoms with Crippen LogP contribution in [0.15, 0.2) is 12.1 Å². The van der Waals surface area contributed by atoms with Crippen molar-refractivity contribution >= 4 is 11.6 Å². The summed E-state index contributed by atoms with van der Waals surface area (Å²) in [5.74, 6) is 1.46. The number of halogens is 1. The molecule has 1 aromatic carbocycles. The molecule has 1 aliphatic heterocycles. The van der Waals surface area contributed by atoms with E-state index >= 15 is 0 Å². The normalized spacial score (nSPS) is 14.4. The van der Waals surface area contributed by atoms with Gasteiger partial charge in [0.1, 0.15) is 0 Å². The highest BCUT2D eigenvalue weighted by Crippen LogP contribution is 2.38. The lowest BCUT2D eigenvalue weighted by atomic mass is 10.2. The van der Waals surface area contributed by atoms with Crippen molar-refractivity contribution in [1.29, 1.82) is 0 Å². The Kier molecular flexibility index (Phi) is 5.95. The molecule has 1 aliphatic rings. The lowest BCUT2D eigenvalue weighted by Crippen LogP contribution is -2.22. The highest BCUT2D eigenvalue weighted by Gasteiger charge is 2.16. The number of hydrogen-bond acceptors (Lipinski definition) is 4. The van der Waals surface area contributed by atoms with Crippen LogP contribution < -0.4 is 14.8 Å². The maximum atomic E-state index is 6.30. The Labute approximate surface area is 126 Å². The van der Waals surface area contributed by atoms with Gasteiger partial charge in [0.15, 0.2) is 11.5 Å². The number of rotatable bonds is 6. The topological polar surface area (TPSA) is 33.7 Å². The molecule has 0 aliphatic carbocycles.